The van der Waals surface area contributed by atoms with Gasteiger partial charge in [0.25, 0.3) is 0 Å². The van der Waals surface area contributed by atoms with Gasteiger partial charge in [-0.3, -0.25) is 0 Å². The van der Waals surface area contributed by atoms with Crippen LogP contribution in [0.4, 0.5) is 0 Å². The summed E-state index contributed by atoms with van der Waals surface area (Å²) in [4.78, 5) is 0. The van der Waals surface area contributed by atoms with Gasteiger partial charge < -0.3 is 0 Å². The molecule has 0 bridgehead atoms. The number of aryl methyl sites for hydroxylation is 2. The van der Waals surface area contributed by atoms with Crippen LogP contribution < -0.4 is 0 Å². The van der Waals surface area contributed by atoms with Crippen molar-refractivity contribution in [3.63, 3.8) is 0 Å². The van der Waals surface area contributed by atoms with Gasteiger partial charge >= 0.3 is 0 Å². The molecule has 0 saturated carbocycles. The Balaban J connectivity index is 2.11. The fourth-order valence-corrected chi connectivity index (χ4v) is 5.80. The van der Waals surface area contributed by atoms with Gasteiger partial charge in [-0.1, -0.05) is 97.1 Å². The third kappa shape index (κ3) is 4.69. The van der Waals surface area contributed by atoms with Gasteiger partial charge in [-0.25, -0.2) is 0 Å². The summed E-state index contributed by atoms with van der Waals surface area (Å²) in [6, 6.07) is 9.75. The minimum atomic E-state index is 0.165. The van der Waals surface area contributed by atoms with Gasteiger partial charge in [-0.15, -0.1) is 0 Å². The summed E-state index contributed by atoms with van der Waals surface area (Å²) >= 11 is 7.70. The quantitative estimate of drug-likeness (QED) is 0.274. The van der Waals surface area contributed by atoms with Gasteiger partial charge in [0, 0.05) is 14.4 Å². The zero-order valence-corrected chi connectivity index (χ0v) is 21.8. The number of hydrogen-bond acceptors (Lipinski definition) is 0. The molecule has 1 aliphatic rings. The van der Waals surface area contributed by atoms with Crippen molar-refractivity contribution in [1.29, 1.82) is 0 Å². The van der Waals surface area contributed by atoms with Crippen LogP contribution in [-0.2, 0) is 5.41 Å². The van der Waals surface area contributed by atoms with Crippen molar-refractivity contribution in [3.8, 4) is 11.1 Å². The van der Waals surface area contributed by atoms with Crippen LogP contribution in [0.3, 0.4) is 0 Å². The molecule has 1 aliphatic carbocycles. The second-order valence-electron chi connectivity index (χ2n) is 9.00. The molecule has 0 spiro atoms. The number of unbranched alkanes of at least 4 members (excludes halogenated alkanes) is 6. The van der Waals surface area contributed by atoms with E-state index in [0.29, 0.717) is 0 Å². The summed E-state index contributed by atoms with van der Waals surface area (Å²) in [5.41, 5.74) is 8.92. The van der Waals surface area contributed by atoms with Gasteiger partial charge in [0.05, 0.1) is 0 Å². The first-order valence-corrected chi connectivity index (χ1v) is 13.1. The summed E-state index contributed by atoms with van der Waals surface area (Å²) in [6.45, 7) is 9.05. The van der Waals surface area contributed by atoms with Crippen LogP contribution >= 0.6 is 31.9 Å². The van der Waals surface area contributed by atoms with Crippen LogP contribution in [0.15, 0.2) is 33.2 Å². The summed E-state index contributed by atoms with van der Waals surface area (Å²) in [5.74, 6) is 0. The van der Waals surface area contributed by atoms with E-state index in [1.165, 1.54) is 95.4 Å². The SMILES string of the molecule is CCCCCCC1(CCCCCC)c2cc(Br)c(C)cc2-c2cc(C)c(Br)cc21. The van der Waals surface area contributed by atoms with Crippen LogP contribution in [0.5, 0.6) is 0 Å². The lowest BCUT2D eigenvalue weighted by atomic mass is 9.70. The highest BCUT2D eigenvalue weighted by Crippen LogP contribution is 2.56. The number of halogens is 2. The monoisotopic (exact) mass is 518 g/mol. The van der Waals surface area contributed by atoms with Gasteiger partial charge in [0.1, 0.15) is 0 Å². The first kappa shape index (κ1) is 23.1. The van der Waals surface area contributed by atoms with Crippen molar-refractivity contribution >= 4 is 31.9 Å². The predicted octanol–water partition coefficient (Wildman–Crippen LogP) is 10.0. The molecule has 0 fully saturated rings. The summed E-state index contributed by atoms with van der Waals surface area (Å²) in [6.07, 6.45) is 13.2. The highest BCUT2D eigenvalue weighted by atomic mass is 79.9. The Hall–Kier alpha value is -0.600. The molecule has 29 heavy (non-hydrogen) atoms. The van der Waals surface area contributed by atoms with Crippen molar-refractivity contribution in [2.45, 2.75) is 97.3 Å². The number of rotatable bonds is 10. The van der Waals surface area contributed by atoms with Crippen LogP contribution in [-0.4, -0.2) is 0 Å². The molecule has 158 valence electrons. The Kier molecular flexibility index (Phi) is 8.07. The molecule has 0 amide bonds. The average molecular weight is 520 g/mol. The van der Waals surface area contributed by atoms with Crippen molar-refractivity contribution in [2.75, 3.05) is 0 Å². The van der Waals surface area contributed by atoms with E-state index in [0.717, 1.165) is 0 Å². The Morgan fingerprint density at radius 1 is 0.621 bits per heavy atom. The van der Waals surface area contributed by atoms with Crippen molar-refractivity contribution in [1.82, 2.24) is 0 Å². The van der Waals surface area contributed by atoms with E-state index in [4.69, 9.17) is 0 Å². The van der Waals surface area contributed by atoms with E-state index in [2.05, 4.69) is 83.8 Å². The minimum absolute atomic E-state index is 0.165. The van der Waals surface area contributed by atoms with E-state index >= 15 is 0 Å². The molecular formula is C27H36Br2. The molecule has 2 heteroatoms. The molecule has 2 aromatic carbocycles. The molecule has 0 unspecified atom stereocenters. The van der Waals surface area contributed by atoms with E-state index in [1.54, 1.807) is 11.1 Å². The molecular weight excluding hydrogens is 484 g/mol. The summed E-state index contributed by atoms with van der Waals surface area (Å²) in [5, 5.41) is 0. The Labute approximate surface area is 195 Å². The highest BCUT2D eigenvalue weighted by Gasteiger charge is 2.42. The summed E-state index contributed by atoms with van der Waals surface area (Å²) < 4.78 is 2.51. The Bertz CT molecular complexity index is 779. The maximum atomic E-state index is 3.85. The molecule has 0 nitrogen and oxygen atoms in total. The van der Waals surface area contributed by atoms with Crippen LogP contribution in [0, 0.1) is 13.8 Å². The van der Waals surface area contributed by atoms with Crippen LogP contribution in [0.25, 0.3) is 11.1 Å². The highest BCUT2D eigenvalue weighted by molar-refractivity contribution is 9.10. The van der Waals surface area contributed by atoms with E-state index in [1.807, 2.05) is 0 Å². The largest absolute Gasteiger partial charge is 0.0654 e. The molecule has 3 rings (SSSR count). The first-order valence-electron chi connectivity index (χ1n) is 11.6. The predicted molar refractivity (Wildman–Crippen MR) is 135 cm³/mol. The number of hydrogen-bond donors (Lipinski definition) is 0. The van der Waals surface area contributed by atoms with Crippen LogP contribution in [0.2, 0.25) is 0 Å². The second kappa shape index (κ2) is 10.1. The third-order valence-electron chi connectivity index (χ3n) is 6.83. The number of benzene rings is 2. The third-order valence-corrected chi connectivity index (χ3v) is 8.54. The molecule has 0 aromatic heterocycles. The van der Waals surface area contributed by atoms with Gasteiger partial charge in [0.2, 0.25) is 0 Å². The van der Waals surface area contributed by atoms with Gasteiger partial charge in [-0.2, -0.15) is 0 Å². The fraction of sp³-hybridized carbons (Fsp3) is 0.556. The maximum Gasteiger partial charge on any atom is 0.0216 e. The van der Waals surface area contributed by atoms with Crippen LogP contribution in [0.1, 0.15) is 100 Å². The molecule has 0 radical (unpaired) electrons. The molecule has 0 heterocycles. The van der Waals surface area contributed by atoms with Crippen molar-refractivity contribution in [2.24, 2.45) is 0 Å². The Morgan fingerprint density at radius 3 is 1.41 bits per heavy atom. The van der Waals surface area contributed by atoms with Gasteiger partial charge in [0.15, 0.2) is 0 Å². The topological polar surface area (TPSA) is 0 Å². The van der Waals surface area contributed by atoms with Crippen molar-refractivity contribution < 1.29 is 0 Å². The maximum absolute atomic E-state index is 3.85. The fourth-order valence-electron chi connectivity index (χ4n) is 5.12. The number of fused-ring (bicyclic) bond motifs is 3. The first-order chi connectivity index (χ1) is 13.9. The van der Waals surface area contributed by atoms with E-state index in [9.17, 15) is 0 Å². The van der Waals surface area contributed by atoms with E-state index < -0.39 is 0 Å². The second-order valence-corrected chi connectivity index (χ2v) is 10.7. The lowest BCUT2D eigenvalue weighted by Crippen LogP contribution is -2.25. The summed E-state index contributed by atoms with van der Waals surface area (Å²) in [7, 11) is 0. The molecule has 2 aromatic rings. The van der Waals surface area contributed by atoms with E-state index in [-0.39, 0.29) is 5.41 Å². The minimum Gasteiger partial charge on any atom is -0.0654 e. The zero-order valence-electron chi connectivity index (χ0n) is 18.6. The average Bonchev–Trinajstić information content (AvgIpc) is 2.93. The Morgan fingerprint density at radius 2 is 1.03 bits per heavy atom. The molecule has 0 N–H and O–H groups in total. The van der Waals surface area contributed by atoms with Crippen molar-refractivity contribution in [3.05, 3.63) is 55.5 Å². The van der Waals surface area contributed by atoms with Gasteiger partial charge in [-0.05, 0) is 84.3 Å². The zero-order chi connectivity index (χ0) is 21.0. The lowest BCUT2D eigenvalue weighted by molar-refractivity contribution is 0.400. The molecule has 0 saturated heterocycles. The molecule has 0 atom stereocenters. The standard InChI is InChI=1S/C27H36Br2/c1-5-7-9-11-13-27(14-12-10-8-6-2)23-17-25(28)19(3)15-21(23)22-16-20(4)26(29)18-24(22)27/h15-18H,5-14H2,1-4H3. The smallest absolute Gasteiger partial charge is 0.0216 e. The molecule has 0 aliphatic heterocycles. The normalized spacial score (nSPS) is 14.1. The lowest BCUT2D eigenvalue weighted by Gasteiger charge is -2.33.